The number of rotatable bonds is 6. The summed E-state index contributed by atoms with van der Waals surface area (Å²) >= 11 is 0. The van der Waals surface area contributed by atoms with E-state index in [0.717, 1.165) is 6.92 Å². The molecule has 10 heteroatoms. The van der Waals surface area contributed by atoms with Gasteiger partial charge in [0.2, 0.25) is 11.9 Å². The van der Waals surface area contributed by atoms with Gasteiger partial charge in [-0.1, -0.05) is 20.8 Å². The van der Waals surface area contributed by atoms with E-state index in [2.05, 4.69) is 41.0 Å². The minimum Gasteiger partial charge on any atom is -0.449 e. The molecule has 1 amide bonds. The summed E-state index contributed by atoms with van der Waals surface area (Å²) in [5, 5.41) is 2.51. The zero-order valence-electron chi connectivity index (χ0n) is 14.8. The number of nitrogens with one attached hydrogen (secondary N) is 1. The van der Waals surface area contributed by atoms with Gasteiger partial charge in [0.25, 0.3) is 5.92 Å². The predicted octanol–water partition coefficient (Wildman–Crippen LogP) is 1.88. The van der Waals surface area contributed by atoms with Crippen LogP contribution in [0.15, 0.2) is 6.33 Å². The fraction of sp³-hybridized carbons (Fsp3) is 0.733. The Morgan fingerprint density at radius 2 is 2.08 bits per heavy atom. The van der Waals surface area contributed by atoms with Gasteiger partial charge in [0.15, 0.2) is 0 Å². The van der Waals surface area contributed by atoms with Gasteiger partial charge in [-0.15, -0.1) is 0 Å². The Morgan fingerprint density at radius 1 is 1.40 bits per heavy atom. The molecule has 1 aromatic heterocycles. The molecule has 2 rings (SSSR count). The maximum atomic E-state index is 13.0. The molecule has 1 aromatic rings. The van der Waals surface area contributed by atoms with E-state index in [9.17, 15) is 13.6 Å². The topological polar surface area (TPSA) is 106 Å². The van der Waals surface area contributed by atoms with Crippen molar-refractivity contribution in [1.82, 2.24) is 15.0 Å². The Balaban J connectivity index is 2.10. The third-order valence-electron chi connectivity index (χ3n) is 3.91. The van der Waals surface area contributed by atoms with Crippen molar-refractivity contribution in [1.29, 1.82) is 0 Å². The molecule has 1 aliphatic rings. The lowest BCUT2D eigenvalue weighted by molar-refractivity contribution is 0.0365. The first-order valence-corrected chi connectivity index (χ1v) is 7.97. The average Bonchev–Trinajstić information content (AvgIpc) is 2.41. The molecule has 25 heavy (non-hydrogen) atoms. The molecule has 140 valence electrons. The summed E-state index contributed by atoms with van der Waals surface area (Å²) in [7, 11) is 0. The first-order valence-electron chi connectivity index (χ1n) is 7.97. The minimum atomic E-state index is -2.87. The molecule has 1 saturated heterocycles. The molecule has 3 N–H and O–H groups in total. The Bertz CT molecular complexity index is 617. The van der Waals surface area contributed by atoms with Gasteiger partial charge in [0, 0.05) is 25.4 Å². The van der Waals surface area contributed by atoms with E-state index in [0.29, 0.717) is 12.5 Å². The molecule has 2 atom stereocenters. The Kier molecular flexibility index (Phi) is 5.28. The molecule has 0 aromatic carbocycles. The van der Waals surface area contributed by atoms with Crippen molar-refractivity contribution in [3.05, 3.63) is 6.33 Å². The van der Waals surface area contributed by atoms with E-state index in [1.807, 2.05) is 4.90 Å². The zero-order chi connectivity index (χ0) is 18.8. The molecule has 0 bridgehead atoms. The van der Waals surface area contributed by atoms with Crippen LogP contribution in [0.5, 0.6) is 0 Å². The van der Waals surface area contributed by atoms with Crippen LogP contribution in [0.4, 0.5) is 25.5 Å². The van der Waals surface area contributed by atoms with Gasteiger partial charge in [0.1, 0.15) is 6.33 Å². The van der Waals surface area contributed by atoms with Gasteiger partial charge in [-0.05, 0) is 5.41 Å². The number of hydrogen-bond donors (Lipinski definition) is 2. The molecule has 1 aliphatic heterocycles. The van der Waals surface area contributed by atoms with Gasteiger partial charge < -0.3 is 20.7 Å². The second-order valence-corrected chi connectivity index (χ2v) is 7.39. The highest BCUT2D eigenvalue weighted by Crippen LogP contribution is 2.40. The van der Waals surface area contributed by atoms with Crippen LogP contribution in [0.2, 0.25) is 0 Å². The van der Waals surface area contributed by atoms with E-state index < -0.39 is 18.6 Å². The normalized spacial score (nSPS) is 20.8. The fourth-order valence-corrected chi connectivity index (χ4v) is 3.04. The van der Waals surface area contributed by atoms with Crippen molar-refractivity contribution in [2.45, 2.75) is 39.7 Å². The number of anilines is 2. The van der Waals surface area contributed by atoms with E-state index in [1.54, 1.807) is 0 Å². The van der Waals surface area contributed by atoms with Crippen LogP contribution in [-0.4, -0.2) is 52.7 Å². The van der Waals surface area contributed by atoms with Gasteiger partial charge in [-0.2, -0.15) is 4.98 Å². The number of halogens is 2. The summed E-state index contributed by atoms with van der Waals surface area (Å²) in [5.74, 6) is -2.29. The van der Waals surface area contributed by atoms with Crippen molar-refractivity contribution in [3.63, 3.8) is 0 Å². The molecule has 8 nitrogen and oxygen atoms in total. The highest BCUT2D eigenvalue weighted by Gasteiger charge is 2.47. The largest absolute Gasteiger partial charge is 0.449 e. The number of nitrogens with zero attached hydrogens (tertiary/aromatic N) is 4. The lowest BCUT2D eigenvalue weighted by atomic mass is 9.72. The fourth-order valence-electron chi connectivity index (χ4n) is 3.04. The van der Waals surface area contributed by atoms with E-state index >= 15 is 0 Å². The van der Waals surface area contributed by atoms with E-state index in [4.69, 9.17) is 10.5 Å². The average molecular weight is 358 g/mol. The van der Waals surface area contributed by atoms with Gasteiger partial charge in [0.05, 0.1) is 13.2 Å². The van der Waals surface area contributed by atoms with Crippen molar-refractivity contribution >= 4 is 18.0 Å². The molecule has 0 saturated carbocycles. The summed E-state index contributed by atoms with van der Waals surface area (Å²) in [6, 6.07) is 0.00900. The molecule has 0 unspecified atom stereocenters. The molecule has 0 spiro atoms. The molecular weight excluding hydrogens is 334 g/mol. The first kappa shape index (κ1) is 19.1. The number of aromatic nitrogens is 3. The molecule has 2 heterocycles. The van der Waals surface area contributed by atoms with Gasteiger partial charge in [-0.25, -0.2) is 23.5 Å². The number of amides is 1. The van der Waals surface area contributed by atoms with E-state index in [1.165, 1.54) is 6.33 Å². The lowest BCUT2D eigenvalue weighted by Crippen LogP contribution is -2.64. The van der Waals surface area contributed by atoms with Gasteiger partial charge >= 0.3 is 6.09 Å². The zero-order valence-corrected chi connectivity index (χ0v) is 14.8. The van der Waals surface area contributed by atoms with Crippen molar-refractivity contribution < 1.29 is 18.3 Å². The predicted molar refractivity (Wildman–Crippen MR) is 88.6 cm³/mol. The van der Waals surface area contributed by atoms with Crippen LogP contribution in [0.1, 0.15) is 27.7 Å². The smallest absolute Gasteiger partial charge is 0.404 e. The Labute approximate surface area is 145 Å². The molecule has 0 radical (unpaired) electrons. The standard InChI is InChI=1S/C15H24F2N6O2/c1-14(2,3)10-9(6-25-11(18)24)5-23(10)13-21-8-20-12(22-13)19-7-15(4,16)17/h8-10H,5-7H2,1-4H3,(H2,18,24)(H,19,20,21,22)/t9-,10+/m0/s1. The van der Waals surface area contributed by atoms with Crippen molar-refractivity contribution in [2.75, 3.05) is 29.9 Å². The number of ether oxygens (including phenoxy) is 1. The number of alkyl halides is 2. The highest BCUT2D eigenvalue weighted by atomic mass is 19.3. The number of hydrogen-bond acceptors (Lipinski definition) is 7. The monoisotopic (exact) mass is 358 g/mol. The third-order valence-corrected chi connectivity index (χ3v) is 3.91. The minimum absolute atomic E-state index is 0.00900. The second kappa shape index (κ2) is 6.93. The van der Waals surface area contributed by atoms with Gasteiger partial charge in [-0.3, -0.25) is 0 Å². The third kappa shape index (κ3) is 5.10. The summed E-state index contributed by atoms with van der Waals surface area (Å²) in [5.41, 5.74) is 4.89. The molecule has 0 aliphatic carbocycles. The summed E-state index contributed by atoms with van der Waals surface area (Å²) in [4.78, 5) is 25.0. The Hall–Kier alpha value is -2.26. The molecular formula is C15H24F2N6O2. The Morgan fingerprint density at radius 3 is 2.64 bits per heavy atom. The number of nitrogens with two attached hydrogens (primary N) is 1. The summed E-state index contributed by atoms with van der Waals surface area (Å²) in [6.07, 6.45) is 0.476. The number of carbonyl (C=O) groups excluding carboxylic acids is 1. The summed E-state index contributed by atoms with van der Waals surface area (Å²) < 4.78 is 30.9. The van der Waals surface area contributed by atoms with Crippen LogP contribution >= 0.6 is 0 Å². The lowest BCUT2D eigenvalue weighted by Gasteiger charge is -2.53. The van der Waals surface area contributed by atoms with Crippen LogP contribution in [0.25, 0.3) is 0 Å². The van der Waals surface area contributed by atoms with Crippen LogP contribution in [0, 0.1) is 11.3 Å². The van der Waals surface area contributed by atoms with Crippen LogP contribution < -0.4 is 16.0 Å². The SMILES string of the molecule is CC(F)(F)CNc1ncnc(N2C[C@@H](COC(N)=O)[C@@H]2C(C)(C)C)n1. The number of carbonyl (C=O) groups is 1. The van der Waals surface area contributed by atoms with Crippen LogP contribution in [-0.2, 0) is 4.74 Å². The molecule has 1 fully saturated rings. The highest BCUT2D eigenvalue weighted by molar-refractivity contribution is 5.64. The first-order chi connectivity index (χ1) is 11.5. The number of primary amides is 1. The maximum absolute atomic E-state index is 13.0. The second-order valence-electron chi connectivity index (χ2n) is 7.39. The van der Waals surface area contributed by atoms with Crippen LogP contribution in [0.3, 0.4) is 0 Å². The van der Waals surface area contributed by atoms with Crippen molar-refractivity contribution in [2.24, 2.45) is 17.1 Å². The maximum Gasteiger partial charge on any atom is 0.404 e. The quantitative estimate of drug-likeness (QED) is 0.800. The van der Waals surface area contributed by atoms with Crippen molar-refractivity contribution in [3.8, 4) is 0 Å². The van der Waals surface area contributed by atoms with E-state index in [-0.39, 0.29) is 29.9 Å². The summed E-state index contributed by atoms with van der Waals surface area (Å²) in [6.45, 7) is 7.20.